The Bertz CT molecular complexity index is 532. The predicted molar refractivity (Wildman–Crippen MR) is 74.0 cm³/mol. The van der Waals surface area contributed by atoms with Gasteiger partial charge in [0, 0.05) is 44.2 Å². The molecule has 0 N–H and O–H groups in total. The Morgan fingerprint density at radius 3 is 2.89 bits per heavy atom. The topological polar surface area (TPSA) is 38.2 Å². The molecule has 0 bridgehead atoms. The normalized spacial score (nSPS) is 10.7. The fourth-order valence-electron chi connectivity index (χ4n) is 1.64. The van der Waals surface area contributed by atoms with E-state index in [4.69, 9.17) is 4.74 Å². The Morgan fingerprint density at radius 1 is 1.37 bits per heavy atom. The van der Waals surface area contributed by atoms with Crippen molar-refractivity contribution in [3.05, 3.63) is 41.5 Å². The van der Waals surface area contributed by atoms with Gasteiger partial charge in [0.1, 0.15) is 11.6 Å². The van der Waals surface area contributed by atoms with Crippen molar-refractivity contribution in [2.75, 3.05) is 25.7 Å². The minimum Gasteiger partial charge on any atom is -0.384 e. The zero-order chi connectivity index (χ0) is 13.7. The highest BCUT2D eigenvalue weighted by Crippen LogP contribution is 2.19. The number of aromatic nitrogens is 2. The predicted octanol–water partition coefficient (Wildman–Crippen LogP) is 2.50. The first-order valence-electron chi connectivity index (χ1n) is 5.96. The Kier molecular flexibility index (Phi) is 4.81. The Labute approximate surface area is 116 Å². The molecule has 0 unspecified atom stereocenters. The summed E-state index contributed by atoms with van der Waals surface area (Å²) < 4.78 is 22.8. The van der Waals surface area contributed by atoms with E-state index in [0.29, 0.717) is 25.1 Å². The van der Waals surface area contributed by atoms with Crippen molar-refractivity contribution >= 4 is 16.7 Å². The van der Waals surface area contributed by atoms with E-state index >= 15 is 0 Å². The molecule has 102 valence electrons. The number of hydrogen-bond acceptors (Lipinski definition) is 5. The molecule has 0 spiro atoms. The summed E-state index contributed by atoms with van der Waals surface area (Å²) in [6, 6.07) is 6.76. The van der Waals surface area contributed by atoms with Crippen LogP contribution in [0.1, 0.15) is 11.4 Å². The number of halogens is 1. The van der Waals surface area contributed by atoms with Crippen LogP contribution < -0.4 is 4.90 Å². The molecule has 0 atom stereocenters. The summed E-state index contributed by atoms with van der Waals surface area (Å²) in [4.78, 5) is 6.30. The second-order valence-corrected chi connectivity index (χ2v) is 4.91. The van der Waals surface area contributed by atoms with Crippen LogP contribution in [0.4, 0.5) is 9.52 Å². The first-order valence-corrected chi connectivity index (χ1v) is 6.74. The molecule has 0 saturated heterocycles. The molecule has 1 aromatic heterocycles. The van der Waals surface area contributed by atoms with Gasteiger partial charge in [0.25, 0.3) is 0 Å². The van der Waals surface area contributed by atoms with Gasteiger partial charge < -0.3 is 9.64 Å². The maximum Gasteiger partial charge on any atom is 0.205 e. The first-order chi connectivity index (χ1) is 9.20. The second kappa shape index (κ2) is 6.58. The Hall–Kier alpha value is -1.53. The molecule has 1 aromatic carbocycles. The van der Waals surface area contributed by atoms with Gasteiger partial charge in [-0.25, -0.2) is 9.37 Å². The van der Waals surface area contributed by atoms with Gasteiger partial charge in [-0.05, 0) is 6.07 Å². The van der Waals surface area contributed by atoms with Gasteiger partial charge in [-0.15, -0.1) is 0 Å². The summed E-state index contributed by atoms with van der Waals surface area (Å²) >= 11 is 1.32. The summed E-state index contributed by atoms with van der Waals surface area (Å²) in [5.74, 6) is 0.570. The standard InChI is InChI=1S/C13H16FN3OS/c1-17(9-10-5-3-4-6-11(10)14)13-15-12(16-19-13)7-8-18-2/h3-6H,7-9H2,1-2H3. The zero-order valence-corrected chi connectivity index (χ0v) is 11.8. The van der Waals surface area contributed by atoms with Gasteiger partial charge >= 0.3 is 0 Å². The third-order valence-corrected chi connectivity index (χ3v) is 3.55. The largest absolute Gasteiger partial charge is 0.384 e. The van der Waals surface area contributed by atoms with Gasteiger partial charge in [0.15, 0.2) is 0 Å². The fourth-order valence-corrected chi connectivity index (χ4v) is 2.31. The van der Waals surface area contributed by atoms with Crippen LogP contribution in [0, 0.1) is 5.82 Å². The Morgan fingerprint density at radius 2 is 2.16 bits per heavy atom. The van der Waals surface area contributed by atoms with Crippen LogP contribution in [0.15, 0.2) is 24.3 Å². The number of rotatable bonds is 6. The van der Waals surface area contributed by atoms with Crippen molar-refractivity contribution in [3.8, 4) is 0 Å². The maximum absolute atomic E-state index is 13.6. The highest BCUT2D eigenvalue weighted by atomic mass is 32.1. The van der Waals surface area contributed by atoms with Crippen molar-refractivity contribution in [1.29, 1.82) is 0 Å². The number of nitrogens with zero attached hydrogens (tertiary/aromatic N) is 3. The van der Waals surface area contributed by atoms with Crippen molar-refractivity contribution in [1.82, 2.24) is 9.36 Å². The van der Waals surface area contributed by atoms with Crippen LogP contribution in [0.3, 0.4) is 0 Å². The van der Waals surface area contributed by atoms with E-state index in [1.807, 2.05) is 18.0 Å². The molecular weight excluding hydrogens is 265 g/mol. The zero-order valence-electron chi connectivity index (χ0n) is 11.0. The lowest BCUT2D eigenvalue weighted by Crippen LogP contribution is -2.17. The summed E-state index contributed by atoms with van der Waals surface area (Å²) in [6.45, 7) is 1.08. The van der Waals surface area contributed by atoms with Gasteiger partial charge in [0.2, 0.25) is 5.13 Å². The Balaban J connectivity index is 2.01. The molecule has 6 heteroatoms. The summed E-state index contributed by atoms with van der Waals surface area (Å²) in [5.41, 5.74) is 0.652. The molecule has 0 aliphatic carbocycles. The third-order valence-electron chi connectivity index (χ3n) is 2.68. The highest BCUT2D eigenvalue weighted by molar-refractivity contribution is 7.09. The quantitative estimate of drug-likeness (QED) is 0.815. The smallest absolute Gasteiger partial charge is 0.205 e. The van der Waals surface area contributed by atoms with E-state index in [-0.39, 0.29) is 5.82 Å². The van der Waals surface area contributed by atoms with Crippen LogP contribution in [-0.4, -0.2) is 30.1 Å². The van der Waals surface area contributed by atoms with Crippen molar-refractivity contribution in [2.24, 2.45) is 0 Å². The van der Waals surface area contributed by atoms with Gasteiger partial charge in [-0.3, -0.25) is 0 Å². The molecule has 2 rings (SSSR count). The minimum atomic E-state index is -0.196. The number of methoxy groups -OCH3 is 1. The number of hydrogen-bond donors (Lipinski definition) is 0. The molecule has 0 amide bonds. The summed E-state index contributed by atoms with van der Waals surface area (Å²) in [7, 11) is 3.53. The second-order valence-electron chi connectivity index (χ2n) is 4.18. The van der Waals surface area contributed by atoms with Gasteiger partial charge in [-0.2, -0.15) is 4.37 Å². The summed E-state index contributed by atoms with van der Waals surface area (Å²) in [6.07, 6.45) is 0.695. The molecule has 0 fully saturated rings. The van der Waals surface area contributed by atoms with Gasteiger partial charge in [0.05, 0.1) is 6.61 Å². The molecule has 0 saturated carbocycles. The van der Waals surface area contributed by atoms with Crippen LogP contribution in [0.5, 0.6) is 0 Å². The van der Waals surface area contributed by atoms with E-state index < -0.39 is 0 Å². The average Bonchev–Trinajstić information content (AvgIpc) is 2.88. The average molecular weight is 281 g/mol. The molecule has 1 heterocycles. The van der Waals surface area contributed by atoms with E-state index in [1.54, 1.807) is 19.2 Å². The lowest BCUT2D eigenvalue weighted by Gasteiger charge is -2.15. The SMILES string of the molecule is COCCc1nsc(N(C)Cc2ccccc2F)n1. The lowest BCUT2D eigenvalue weighted by molar-refractivity contribution is 0.201. The molecule has 0 aliphatic heterocycles. The number of benzene rings is 1. The summed E-state index contributed by atoms with van der Waals surface area (Å²) in [5, 5.41) is 0.786. The molecule has 4 nitrogen and oxygen atoms in total. The monoisotopic (exact) mass is 281 g/mol. The van der Waals surface area contributed by atoms with Crippen LogP contribution >= 0.6 is 11.5 Å². The van der Waals surface area contributed by atoms with Crippen LogP contribution in [-0.2, 0) is 17.7 Å². The van der Waals surface area contributed by atoms with Gasteiger partial charge in [-0.1, -0.05) is 18.2 Å². The van der Waals surface area contributed by atoms with E-state index in [0.717, 1.165) is 11.0 Å². The lowest BCUT2D eigenvalue weighted by atomic mass is 10.2. The third kappa shape index (κ3) is 3.71. The van der Waals surface area contributed by atoms with E-state index in [1.165, 1.54) is 17.6 Å². The van der Waals surface area contributed by atoms with Crippen molar-refractivity contribution in [2.45, 2.75) is 13.0 Å². The number of ether oxygens (including phenoxy) is 1. The molecule has 0 aliphatic rings. The molecular formula is C13H16FN3OS. The molecule has 2 aromatic rings. The van der Waals surface area contributed by atoms with Crippen LogP contribution in [0.25, 0.3) is 0 Å². The van der Waals surface area contributed by atoms with E-state index in [9.17, 15) is 4.39 Å². The number of anilines is 1. The minimum absolute atomic E-state index is 0.196. The maximum atomic E-state index is 13.6. The molecule has 0 radical (unpaired) electrons. The van der Waals surface area contributed by atoms with Crippen molar-refractivity contribution < 1.29 is 9.13 Å². The fraction of sp³-hybridized carbons (Fsp3) is 0.385. The van der Waals surface area contributed by atoms with Crippen molar-refractivity contribution in [3.63, 3.8) is 0 Å². The first kappa shape index (κ1) is 13.9. The molecule has 19 heavy (non-hydrogen) atoms. The highest BCUT2D eigenvalue weighted by Gasteiger charge is 2.11. The van der Waals surface area contributed by atoms with E-state index in [2.05, 4.69) is 9.36 Å². The van der Waals surface area contributed by atoms with Crippen LogP contribution in [0.2, 0.25) is 0 Å².